The molecule has 0 aromatic heterocycles. The lowest BCUT2D eigenvalue weighted by Crippen LogP contribution is -2.24. The summed E-state index contributed by atoms with van der Waals surface area (Å²) in [5, 5.41) is 3.09. The second kappa shape index (κ2) is 6.45. The number of nitrogens with two attached hydrogens (primary N) is 1. The molecule has 3 N–H and O–H groups in total. The van der Waals surface area contributed by atoms with Crippen molar-refractivity contribution in [3.05, 3.63) is 24.3 Å². The zero-order valence-corrected chi connectivity index (χ0v) is 11.8. The van der Waals surface area contributed by atoms with Crippen molar-refractivity contribution in [3.63, 3.8) is 0 Å². The summed E-state index contributed by atoms with van der Waals surface area (Å²) >= 11 is 0. The van der Waals surface area contributed by atoms with Gasteiger partial charge in [-0.2, -0.15) is 13.2 Å². The lowest BCUT2D eigenvalue weighted by Gasteiger charge is -2.17. The molecule has 0 aliphatic carbocycles. The topological polar surface area (TPSA) is 72.2 Å². The molecular weight excluding hydrogens is 293 g/mol. The van der Waals surface area contributed by atoms with Crippen molar-refractivity contribution in [2.75, 3.05) is 11.9 Å². The molecule has 0 heterocycles. The zero-order valence-electron chi connectivity index (χ0n) is 10.9. The highest BCUT2D eigenvalue weighted by atomic mass is 32.2. The summed E-state index contributed by atoms with van der Waals surface area (Å²) in [5.74, 6) is 0. The highest BCUT2D eigenvalue weighted by molar-refractivity contribution is 7.92. The minimum Gasteiger partial charge on any atom is -0.382 e. The third kappa shape index (κ3) is 3.86. The molecule has 0 aliphatic rings. The Morgan fingerprint density at radius 3 is 2.20 bits per heavy atom. The molecule has 20 heavy (non-hydrogen) atoms. The van der Waals surface area contributed by atoms with Crippen molar-refractivity contribution in [2.24, 2.45) is 5.73 Å². The number of anilines is 1. The highest BCUT2D eigenvalue weighted by Gasteiger charge is 2.46. The summed E-state index contributed by atoms with van der Waals surface area (Å²) in [6.45, 7) is 2.45. The van der Waals surface area contributed by atoms with Crippen LogP contribution in [0.5, 0.6) is 0 Å². The third-order valence-electron chi connectivity index (χ3n) is 2.85. The molecule has 0 aliphatic heterocycles. The average molecular weight is 310 g/mol. The second-order valence-corrected chi connectivity index (χ2v) is 6.24. The molecule has 8 heteroatoms. The van der Waals surface area contributed by atoms with Gasteiger partial charge in [0.2, 0.25) is 0 Å². The molecule has 0 saturated heterocycles. The molecule has 0 fully saturated rings. The Morgan fingerprint density at radius 1 is 1.25 bits per heavy atom. The molecule has 0 bridgehead atoms. The Balaban J connectivity index is 2.90. The quantitative estimate of drug-likeness (QED) is 0.847. The molecule has 1 atom stereocenters. The van der Waals surface area contributed by atoms with Gasteiger partial charge in [0.15, 0.2) is 0 Å². The molecule has 0 saturated carbocycles. The van der Waals surface area contributed by atoms with Crippen LogP contribution in [0.25, 0.3) is 0 Å². The van der Waals surface area contributed by atoms with Crippen LogP contribution < -0.4 is 11.1 Å². The number of benzene rings is 1. The summed E-state index contributed by atoms with van der Waals surface area (Å²) in [6, 6.07) is 4.63. The molecule has 1 aromatic rings. The maximum absolute atomic E-state index is 12.4. The monoisotopic (exact) mass is 310 g/mol. The first-order valence-corrected chi connectivity index (χ1v) is 7.58. The third-order valence-corrected chi connectivity index (χ3v) is 4.35. The van der Waals surface area contributed by atoms with Crippen molar-refractivity contribution in [3.8, 4) is 0 Å². The minimum absolute atomic E-state index is 0.102. The molecule has 1 rings (SSSR count). The highest BCUT2D eigenvalue weighted by Crippen LogP contribution is 2.30. The SMILES string of the molecule is CCC(CCN)Nc1ccc(S(=O)(=O)C(F)(F)F)cc1. The standard InChI is InChI=1S/C12H17F3N2O2S/c1-2-9(7-8-16)17-10-3-5-11(6-4-10)20(18,19)12(13,14)15/h3-6,9,17H,2,7-8,16H2,1H3. The Hall–Kier alpha value is -1.28. The van der Waals surface area contributed by atoms with E-state index in [1.165, 1.54) is 12.1 Å². The lowest BCUT2D eigenvalue weighted by molar-refractivity contribution is -0.0436. The van der Waals surface area contributed by atoms with E-state index < -0.39 is 20.2 Å². The van der Waals surface area contributed by atoms with Gasteiger partial charge >= 0.3 is 5.51 Å². The maximum atomic E-state index is 12.4. The number of hydrogen-bond acceptors (Lipinski definition) is 4. The van der Waals surface area contributed by atoms with E-state index in [9.17, 15) is 21.6 Å². The molecule has 1 aromatic carbocycles. The van der Waals surface area contributed by atoms with E-state index in [0.29, 0.717) is 12.2 Å². The van der Waals surface area contributed by atoms with E-state index in [1.54, 1.807) is 0 Å². The first-order valence-electron chi connectivity index (χ1n) is 6.10. The Bertz CT molecular complexity index is 527. The minimum atomic E-state index is -5.29. The van der Waals surface area contributed by atoms with Gasteiger partial charge in [-0.1, -0.05) is 6.92 Å². The van der Waals surface area contributed by atoms with Gasteiger partial charge in [-0.3, -0.25) is 0 Å². The van der Waals surface area contributed by atoms with Crippen LogP contribution in [0.1, 0.15) is 19.8 Å². The van der Waals surface area contributed by atoms with Crippen LogP contribution in [0.3, 0.4) is 0 Å². The van der Waals surface area contributed by atoms with Crippen LogP contribution in [-0.4, -0.2) is 26.5 Å². The summed E-state index contributed by atoms with van der Waals surface area (Å²) in [4.78, 5) is -0.762. The second-order valence-electron chi connectivity index (χ2n) is 4.30. The van der Waals surface area contributed by atoms with E-state index in [-0.39, 0.29) is 6.04 Å². The van der Waals surface area contributed by atoms with Crippen molar-refractivity contribution in [2.45, 2.75) is 36.2 Å². The lowest BCUT2D eigenvalue weighted by atomic mass is 10.1. The van der Waals surface area contributed by atoms with E-state index in [2.05, 4.69) is 5.32 Å². The zero-order chi connectivity index (χ0) is 15.4. The van der Waals surface area contributed by atoms with Crippen LogP contribution in [0.4, 0.5) is 18.9 Å². The summed E-state index contributed by atoms with van der Waals surface area (Å²) < 4.78 is 59.5. The number of rotatable bonds is 6. The van der Waals surface area contributed by atoms with Gasteiger partial charge in [0, 0.05) is 11.7 Å². The number of alkyl halides is 3. The van der Waals surface area contributed by atoms with Gasteiger partial charge in [0.25, 0.3) is 9.84 Å². The fraction of sp³-hybridized carbons (Fsp3) is 0.500. The van der Waals surface area contributed by atoms with Crippen molar-refractivity contribution in [1.82, 2.24) is 0 Å². The number of hydrogen-bond donors (Lipinski definition) is 2. The van der Waals surface area contributed by atoms with Gasteiger partial charge < -0.3 is 11.1 Å². The van der Waals surface area contributed by atoms with E-state index in [0.717, 1.165) is 25.0 Å². The first kappa shape index (κ1) is 16.8. The molecule has 0 amide bonds. The summed E-state index contributed by atoms with van der Waals surface area (Å²) in [7, 11) is -5.29. The number of halogens is 3. The molecule has 0 radical (unpaired) electrons. The van der Waals surface area contributed by atoms with Crippen LogP contribution in [-0.2, 0) is 9.84 Å². The number of nitrogens with one attached hydrogen (secondary N) is 1. The maximum Gasteiger partial charge on any atom is 0.501 e. The molecular formula is C12H17F3N2O2S. The van der Waals surface area contributed by atoms with Crippen LogP contribution in [0.2, 0.25) is 0 Å². The Labute approximate surface area is 116 Å². The fourth-order valence-electron chi connectivity index (χ4n) is 1.68. The summed E-state index contributed by atoms with van der Waals surface area (Å²) in [6.07, 6.45) is 1.53. The van der Waals surface area contributed by atoms with Gasteiger partial charge in [-0.15, -0.1) is 0 Å². The van der Waals surface area contributed by atoms with Crippen molar-refractivity contribution < 1.29 is 21.6 Å². The van der Waals surface area contributed by atoms with Crippen molar-refractivity contribution in [1.29, 1.82) is 0 Å². The van der Waals surface area contributed by atoms with Gasteiger partial charge in [-0.25, -0.2) is 8.42 Å². The molecule has 114 valence electrons. The smallest absolute Gasteiger partial charge is 0.382 e. The largest absolute Gasteiger partial charge is 0.501 e. The fourth-order valence-corrected chi connectivity index (χ4v) is 2.44. The Morgan fingerprint density at radius 2 is 1.80 bits per heavy atom. The summed E-state index contributed by atoms with van der Waals surface area (Å²) in [5.41, 5.74) is 0.721. The van der Waals surface area contributed by atoms with Gasteiger partial charge in [-0.05, 0) is 43.7 Å². The van der Waals surface area contributed by atoms with Crippen LogP contribution in [0, 0.1) is 0 Å². The molecule has 0 spiro atoms. The molecule has 4 nitrogen and oxygen atoms in total. The van der Waals surface area contributed by atoms with E-state index in [4.69, 9.17) is 5.73 Å². The predicted octanol–water partition coefficient (Wildman–Crippen LogP) is 2.52. The molecule has 1 unspecified atom stereocenters. The number of sulfone groups is 1. The normalized spacial score (nSPS) is 14.1. The predicted molar refractivity (Wildman–Crippen MR) is 71.1 cm³/mol. The van der Waals surface area contributed by atoms with Crippen LogP contribution >= 0.6 is 0 Å². The van der Waals surface area contributed by atoms with Gasteiger partial charge in [0.1, 0.15) is 0 Å². The van der Waals surface area contributed by atoms with Crippen molar-refractivity contribution >= 4 is 15.5 Å². The average Bonchev–Trinajstić information content (AvgIpc) is 2.37. The van der Waals surface area contributed by atoms with Crippen LogP contribution in [0.15, 0.2) is 29.2 Å². The van der Waals surface area contributed by atoms with E-state index in [1.807, 2.05) is 6.92 Å². The Kier molecular flexibility index (Phi) is 5.41. The first-order chi connectivity index (χ1) is 9.22. The van der Waals surface area contributed by atoms with E-state index >= 15 is 0 Å². The van der Waals surface area contributed by atoms with Gasteiger partial charge in [0.05, 0.1) is 4.90 Å².